The number of phosphoric acid groups is 2. The van der Waals surface area contributed by atoms with E-state index >= 15 is 0 Å². The van der Waals surface area contributed by atoms with Crippen molar-refractivity contribution in [1.29, 1.82) is 0 Å². The van der Waals surface area contributed by atoms with Crippen molar-refractivity contribution in [2.45, 2.75) is 31.5 Å². The maximum absolute atomic E-state index is 12.4. The number of aromatic nitrogens is 4. The largest absolute Gasteiger partial charge is 0.485 e. The third-order valence-corrected chi connectivity index (χ3v) is 7.28. The SMILES string of the molecule is [BH3-]P(=O)(OC[C@H]1O[C@@H](n2cnc3c(=O)[nH]c(C)nc32)C(O)[C@H]1O)OP(=O)(O)OP(=O)(O)O. The summed E-state index contributed by atoms with van der Waals surface area (Å²) >= 11 is 0. The van der Waals surface area contributed by atoms with Gasteiger partial charge in [0.05, 0.1) is 20.5 Å². The molecule has 32 heavy (non-hydrogen) atoms. The molecule has 180 valence electrons. The van der Waals surface area contributed by atoms with Gasteiger partial charge in [0.25, 0.3) is 5.56 Å². The number of hydrogen-bond donors (Lipinski definition) is 6. The van der Waals surface area contributed by atoms with Gasteiger partial charge in [-0.3, -0.25) is 9.36 Å². The maximum Gasteiger partial charge on any atom is 0.485 e. The molecule has 1 fully saturated rings. The van der Waals surface area contributed by atoms with Crippen LogP contribution in [0, 0.1) is 6.92 Å². The number of aliphatic hydroxyl groups is 2. The van der Waals surface area contributed by atoms with Crippen molar-refractivity contribution in [3.05, 3.63) is 22.5 Å². The van der Waals surface area contributed by atoms with Crippen molar-refractivity contribution >= 4 is 41.8 Å². The van der Waals surface area contributed by atoms with E-state index in [2.05, 4.69) is 23.6 Å². The first-order valence-electron chi connectivity index (χ1n) is 8.12. The van der Waals surface area contributed by atoms with Crippen molar-refractivity contribution in [1.82, 2.24) is 19.5 Å². The summed E-state index contributed by atoms with van der Waals surface area (Å²) in [4.78, 5) is 49.0. The van der Waals surface area contributed by atoms with E-state index in [1.54, 1.807) is 0 Å². The molecule has 2 aromatic rings. The Morgan fingerprint density at radius 1 is 1.22 bits per heavy atom. The Labute approximate surface area is 179 Å². The monoisotopic (exact) mass is 519 g/mol. The average Bonchev–Trinajstić information content (AvgIpc) is 3.12. The highest BCUT2D eigenvalue weighted by Gasteiger charge is 2.45. The minimum atomic E-state index is -5.42. The molecule has 3 rings (SSSR count). The number of aryl methyl sites for hydroxylation is 1. The highest BCUT2D eigenvalue weighted by Crippen LogP contribution is 2.66. The predicted molar refractivity (Wildman–Crippen MR) is 106 cm³/mol. The summed E-state index contributed by atoms with van der Waals surface area (Å²) < 4.78 is 54.2. The van der Waals surface area contributed by atoms with E-state index in [-0.39, 0.29) is 17.0 Å². The fraction of sp³-hybridized carbons (Fsp3) is 0.545. The first-order valence-corrected chi connectivity index (χ1v) is 12.2. The molecular weight excluding hydrogens is 500 g/mol. The summed E-state index contributed by atoms with van der Waals surface area (Å²) in [7, 11) is -16.5. The summed E-state index contributed by atoms with van der Waals surface area (Å²) in [5.74, 6) is 0.265. The van der Waals surface area contributed by atoms with Crippen LogP contribution in [-0.4, -0.2) is 76.9 Å². The molecule has 1 aliphatic heterocycles. The summed E-state index contributed by atoms with van der Waals surface area (Å²) in [6.07, 6.45) is -4.51. The molecule has 0 radical (unpaired) electrons. The number of rotatable bonds is 8. The molecule has 2 aromatic heterocycles. The molecule has 0 aliphatic carbocycles. The molecule has 3 heterocycles. The van der Waals surface area contributed by atoms with E-state index in [1.807, 2.05) is 0 Å². The van der Waals surface area contributed by atoms with Crippen molar-refractivity contribution in [2.75, 3.05) is 6.61 Å². The number of aliphatic hydroxyl groups excluding tert-OH is 2. The average molecular weight is 519 g/mol. The van der Waals surface area contributed by atoms with Crippen molar-refractivity contribution < 1.29 is 56.5 Å². The number of fused-ring (bicyclic) bond motifs is 1. The van der Waals surface area contributed by atoms with Gasteiger partial charge < -0.3 is 43.7 Å². The molecule has 0 saturated carbocycles. The van der Waals surface area contributed by atoms with E-state index in [9.17, 15) is 33.6 Å². The van der Waals surface area contributed by atoms with Gasteiger partial charge in [-0.15, -0.1) is 0 Å². The van der Waals surface area contributed by atoms with E-state index < -0.39 is 67.4 Å². The van der Waals surface area contributed by atoms with Crippen LogP contribution in [0.4, 0.5) is 0 Å². The minimum absolute atomic E-state index is 0.0356. The van der Waals surface area contributed by atoms with Crippen LogP contribution >= 0.6 is 23.1 Å². The van der Waals surface area contributed by atoms with Crippen LogP contribution in [0.1, 0.15) is 12.1 Å². The quantitative estimate of drug-likeness (QED) is 0.159. The Morgan fingerprint density at radius 3 is 2.50 bits per heavy atom. The Kier molecular flexibility index (Phi) is 7.00. The normalized spacial score (nSPS) is 28.0. The molecule has 0 spiro atoms. The molecule has 3 unspecified atom stereocenters. The topological polar surface area (TPSA) is 253 Å². The number of imidazole rings is 1. The molecule has 21 heteroatoms. The van der Waals surface area contributed by atoms with Crippen LogP contribution in [0.2, 0.25) is 0 Å². The fourth-order valence-electron chi connectivity index (χ4n) is 2.71. The van der Waals surface area contributed by atoms with Crippen LogP contribution in [0.5, 0.6) is 0 Å². The molecular formula is C11H19BN4O13P3-. The number of H-pyrrole nitrogens is 1. The number of ether oxygens (including phenoxy) is 1. The lowest BCUT2D eigenvalue weighted by Gasteiger charge is -2.24. The first-order chi connectivity index (χ1) is 14.6. The van der Waals surface area contributed by atoms with E-state index in [0.717, 1.165) is 0 Å². The molecule has 1 saturated heterocycles. The van der Waals surface area contributed by atoms with E-state index in [0.29, 0.717) is 0 Å². The van der Waals surface area contributed by atoms with Crippen molar-refractivity contribution in [2.24, 2.45) is 0 Å². The van der Waals surface area contributed by atoms with E-state index in [1.165, 1.54) is 17.8 Å². The number of aromatic amines is 1. The van der Waals surface area contributed by atoms with Gasteiger partial charge in [-0.2, -0.15) is 4.31 Å². The standard InChI is InChI=1S/C11H19BN4O13P3/c1-4-14-9-6(10(19)15-4)13-3-16(9)11-8(18)7(17)5(27-11)2-26-30(12,20)28-32(24,25)29-31(21,22)23/h3,5,7-8,11,17-18H,2H2,1,12H3,(H,24,25)(H,14,15,19)(H2,21,22,23)/q-1/t5-,7+,8?,11-,30?/m1/s1. The van der Waals surface area contributed by atoms with E-state index in [4.69, 9.17) is 19.0 Å². The zero-order valence-electron chi connectivity index (χ0n) is 15.3. The molecule has 6 atom stereocenters. The Morgan fingerprint density at radius 2 is 1.88 bits per heavy atom. The molecule has 0 aromatic carbocycles. The van der Waals surface area contributed by atoms with Gasteiger partial charge in [0.2, 0.25) is 0 Å². The van der Waals surface area contributed by atoms with Gasteiger partial charge in [0.15, 0.2) is 24.9 Å². The van der Waals surface area contributed by atoms with Gasteiger partial charge in [-0.05, 0) is 6.92 Å². The summed E-state index contributed by atoms with van der Waals surface area (Å²) in [6.45, 7) is 0.850. The lowest BCUT2D eigenvalue weighted by atomic mass is 10.1. The Balaban J connectivity index is 1.72. The predicted octanol–water partition coefficient (Wildman–Crippen LogP) is -2.24. The summed E-state index contributed by atoms with van der Waals surface area (Å²) in [6, 6.07) is 0. The molecule has 0 bridgehead atoms. The second-order valence-electron chi connectivity index (χ2n) is 6.16. The van der Waals surface area contributed by atoms with Gasteiger partial charge in [0.1, 0.15) is 24.1 Å². The highest BCUT2D eigenvalue weighted by atomic mass is 31.3. The number of hydrogen-bond acceptors (Lipinski definition) is 12. The first kappa shape index (κ1) is 25.4. The fourth-order valence-corrected chi connectivity index (χ4v) is 5.30. The smallest absolute Gasteiger partial charge is 0.387 e. The lowest BCUT2D eigenvalue weighted by molar-refractivity contribution is -0.0479. The second-order valence-corrected chi connectivity index (χ2v) is 10.1. The Hall–Kier alpha value is -1.26. The molecule has 1 aliphatic rings. The summed E-state index contributed by atoms with van der Waals surface area (Å²) in [5.41, 5.74) is -0.488. The third-order valence-electron chi connectivity index (χ3n) is 3.89. The van der Waals surface area contributed by atoms with Crippen LogP contribution < -0.4 is 5.56 Å². The molecule has 0 amide bonds. The number of nitrogens with zero attached hydrogens (tertiary/aromatic N) is 3. The minimum Gasteiger partial charge on any atom is -0.387 e. The summed E-state index contributed by atoms with van der Waals surface area (Å²) in [5, 5.41) is 20.6. The molecule has 6 N–H and O–H groups in total. The Bertz CT molecular complexity index is 1210. The second kappa shape index (κ2) is 8.83. The van der Waals surface area contributed by atoms with Crippen LogP contribution in [0.25, 0.3) is 11.2 Å². The molecule has 17 nitrogen and oxygen atoms in total. The van der Waals surface area contributed by atoms with Gasteiger partial charge in [0, 0.05) is 0 Å². The van der Waals surface area contributed by atoms with Crippen LogP contribution in [0.3, 0.4) is 0 Å². The van der Waals surface area contributed by atoms with Gasteiger partial charge >= 0.3 is 15.6 Å². The third kappa shape index (κ3) is 5.80. The number of nitrogens with one attached hydrogen (secondary N) is 1. The zero-order valence-corrected chi connectivity index (χ0v) is 18.0. The van der Waals surface area contributed by atoms with Gasteiger partial charge in [-0.25, -0.2) is 23.4 Å². The zero-order chi connectivity index (χ0) is 24.1. The van der Waals surface area contributed by atoms with Crippen LogP contribution in [-0.2, 0) is 31.6 Å². The highest BCUT2D eigenvalue weighted by molar-refractivity contribution is 7.84. The van der Waals surface area contributed by atoms with Gasteiger partial charge in [-0.1, -0.05) is 0 Å². The van der Waals surface area contributed by atoms with Crippen LogP contribution in [0.15, 0.2) is 11.1 Å². The maximum atomic E-state index is 12.4. The van der Waals surface area contributed by atoms with Crippen molar-refractivity contribution in [3.8, 4) is 0 Å². The lowest BCUT2D eigenvalue weighted by Crippen LogP contribution is -2.33. The van der Waals surface area contributed by atoms with Crippen molar-refractivity contribution in [3.63, 3.8) is 0 Å².